The van der Waals surface area contributed by atoms with Crippen molar-refractivity contribution in [2.24, 2.45) is 0 Å². The summed E-state index contributed by atoms with van der Waals surface area (Å²) in [6, 6.07) is 5.56. The predicted octanol–water partition coefficient (Wildman–Crippen LogP) is 1.41. The van der Waals surface area contributed by atoms with Crippen LogP contribution < -0.4 is 10.6 Å². The zero-order valence-corrected chi connectivity index (χ0v) is 11.1. The molecule has 1 heterocycles. The maximum Gasteiger partial charge on any atom is 0.337 e. The molecule has 1 atom stereocenters. The van der Waals surface area contributed by atoms with Crippen LogP contribution in [0.5, 0.6) is 0 Å². The Hall–Kier alpha value is -1.75. The number of carbonyl (C=O) groups excluding carboxylic acids is 1. The van der Waals surface area contributed by atoms with E-state index in [9.17, 15) is 4.79 Å². The highest BCUT2D eigenvalue weighted by Crippen LogP contribution is 2.32. The van der Waals surface area contributed by atoms with Crippen molar-refractivity contribution in [3.63, 3.8) is 0 Å². The average Bonchev–Trinajstić information content (AvgIpc) is 2.86. The molecule has 5 heteroatoms. The number of hydrogen-bond donors (Lipinski definition) is 2. The lowest BCUT2D eigenvalue weighted by atomic mass is 10.1. The standard InChI is InChI=1S/C14H20N2O3/c1-19-14(18)10-4-5-13(12(15)9-10)16-7-2-3-11(16)6-8-17/h4-5,9,11,17H,2-3,6-8,15H2,1H3. The Morgan fingerprint density at radius 1 is 1.58 bits per heavy atom. The van der Waals surface area contributed by atoms with Gasteiger partial charge in [0.05, 0.1) is 24.0 Å². The highest BCUT2D eigenvalue weighted by molar-refractivity contribution is 5.92. The van der Waals surface area contributed by atoms with Crippen LogP contribution >= 0.6 is 0 Å². The van der Waals surface area contributed by atoms with Crippen LogP contribution in [-0.2, 0) is 4.74 Å². The molecule has 0 saturated carbocycles. The fourth-order valence-electron chi connectivity index (χ4n) is 2.66. The van der Waals surface area contributed by atoms with E-state index in [0.717, 1.165) is 31.5 Å². The number of carbonyl (C=O) groups is 1. The van der Waals surface area contributed by atoms with E-state index in [1.54, 1.807) is 12.1 Å². The van der Waals surface area contributed by atoms with E-state index in [1.807, 2.05) is 6.07 Å². The third-order valence-electron chi connectivity index (χ3n) is 3.60. The van der Waals surface area contributed by atoms with Gasteiger partial charge in [-0.15, -0.1) is 0 Å². The topological polar surface area (TPSA) is 75.8 Å². The summed E-state index contributed by atoms with van der Waals surface area (Å²) in [5.74, 6) is -0.383. The molecule has 0 bridgehead atoms. The van der Waals surface area contributed by atoms with Crippen molar-refractivity contribution in [3.05, 3.63) is 23.8 Å². The molecule has 0 aliphatic carbocycles. The fraction of sp³-hybridized carbons (Fsp3) is 0.500. The van der Waals surface area contributed by atoms with Crippen molar-refractivity contribution in [2.75, 3.05) is 30.9 Å². The number of methoxy groups -OCH3 is 1. The molecule has 0 aromatic heterocycles. The molecular formula is C14H20N2O3. The van der Waals surface area contributed by atoms with Crippen LogP contribution in [0.3, 0.4) is 0 Å². The minimum Gasteiger partial charge on any atom is -0.465 e. The molecule has 0 radical (unpaired) electrons. The maximum atomic E-state index is 11.4. The first-order chi connectivity index (χ1) is 9.17. The highest BCUT2D eigenvalue weighted by atomic mass is 16.5. The molecule has 3 N–H and O–H groups in total. The van der Waals surface area contributed by atoms with E-state index in [2.05, 4.69) is 9.64 Å². The van der Waals surface area contributed by atoms with Gasteiger partial charge in [-0.1, -0.05) is 0 Å². The van der Waals surface area contributed by atoms with Crippen LogP contribution in [0.4, 0.5) is 11.4 Å². The van der Waals surface area contributed by atoms with E-state index < -0.39 is 0 Å². The minimum atomic E-state index is -0.383. The predicted molar refractivity (Wildman–Crippen MR) is 74.3 cm³/mol. The van der Waals surface area contributed by atoms with Crippen molar-refractivity contribution in [2.45, 2.75) is 25.3 Å². The molecule has 0 amide bonds. The zero-order chi connectivity index (χ0) is 13.8. The zero-order valence-electron chi connectivity index (χ0n) is 11.1. The Kier molecular flexibility index (Phi) is 4.27. The van der Waals surface area contributed by atoms with Crippen LogP contribution in [0.25, 0.3) is 0 Å². The molecule has 1 fully saturated rings. The van der Waals surface area contributed by atoms with Crippen molar-refractivity contribution >= 4 is 17.3 Å². The Bertz CT molecular complexity index is 462. The normalized spacial score (nSPS) is 18.6. The van der Waals surface area contributed by atoms with E-state index in [1.165, 1.54) is 7.11 Å². The molecule has 1 saturated heterocycles. The Balaban J connectivity index is 2.23. The molecule has 1 aromatic carbocycles. The van der Waals surface area contributed by atoms with Gasteiger partial charge >= 0.3 is 5.97 Å². The van der Waals surface area contributed by atoms with Gasteiger partial charge in [-0.05, 0) is 37.5 Å². The van der Waals surface area contributed by atoms with E-state index in [0.29, 0.717) is 17.3 Å². The number of anilines is 2. The summed E-state index contributed by atoms with van der Waals surface area (Å²) in [5, 5.41) is 9.09. The Morgan fingerprint density at radius 3 is 3.00 bits per heavy atom. The SMILES string of the molecule is COC(=O)c1ccc(N2CCCC2CCO)c(N)c1. The van der Waals surface area contributed by atoms with Gasteiger partial charge in [0.15, 0.2) is 0 Å². The summed E-state index contributed by atoms with van der Waals surface area (Å²) in [7, 11) is 1.35. The van der Waals surface area contributed by atoms with Gasteiger partial charge in [0.1, 0.15) is 0 Å². The summed E-state index contributed by atoms with van der Waals surface area (Å²) in [4.78, 5) is 13.7. The summed E-state index contributed by atoms with van der Waals surface area (Å²) >= 11 is 0. The number of nitrogens with zero attached hydrogens (tertiary/aromatic N) is 1. The molecule has 1 aliphatic heterocycles. The largest absolute Gasteiger partial charge is 0.465 e. The van der Waals surface area contributed by atoms with Gasteiger partial charge in [-0.25, -0.2) is 4.79 Å². The molecule has 0 spiro atoms. The number of rotatable bonds is 4. The van der Waals surface area contributed by atoms with Crippen LogP contribution in [0, 0.1) is 0 Å². The maximum absolute atomic E-state index is 11.4. The van der Waals surface area contributed by atoms with Crippen molar-refractivity contribution in [3.8, 4) is 0 Å². The molecular weight excluding hydrogens is 244 g/mol. The lowest BCUT2D eigenvalue weighted by Gasteiger charge is -2.27. The van der Waals surface area contributed by atoms with E-state index in [4.69, 9.17) is 10.8 Å². The van der Waals surface area contributed by atoms with Crippen molar-refractivity contribution in [1.29, 1.82) is 0 Å². The number of esters is 1. The van der Waals surface area contributed by atoms with Gasteiger partial charge in [-0.2, -0.15) is 0 Å². The number of hydrogen-bond acceptors (Lipinski definition) is 5. The molecule has 1 unspecified atom stereocenters. The number of aliphatic hydroxyl groups is 1. The Morgan fingerprint density at radius 2 is 2.37 bits per heavy atom. The second-order valence-electron chi connectivity index (χ2n) is 4.77. The van der Waals surface area contributed by atoms with E-state index in [-0.39, 0.29) is 12.6 Å². The summed E-state index contributed by atoms with van der Waals surface area (Å²) in [5.41, 5.74) is 8.01. The van der Waals surface area contributed by atoms with Gasteiger partial charge in [0.2, 0.25) is 0 Å². The first-order valence-electron chi connectivity index (χ1n) is 6.52. The molecule has 2 rings (SSSR count). The first kappa shape index (κ1) is 13.7. The third kappa shape index (κ3) is 2.81. The monoisotopic (exact) mass is 264 g/mol. The third-order valence-corrected chi connectivity index (χ3v) is 3.60. The number of benzene rings is 1. The van der Waals surface area contributed by atoms with Crippen molar-refractivity contribution < 1.29 is 14.6 Å². The molecule has 5 nitrogen and oxygen atoms in total. The average molecular weight is 264 g/mol. The van der Waals surface area contributed by atoms with Crippen molar-refractivity contribution in [1.82, 2.24) is 0 Å². The number of nitrogens with two attached hydrogens (primary N) is 1. The molecule has 1 aliphatic rings. The second kappa shape index (κ2) is 5.93. The van der Waals surface area contributed by atoms with Gasteiger partial charge < -0.3 is 20.5 Å². The quantitative estimate of drug-likeness (QED) is 0.635. The van der Waals surface area contributed by atoms with Crippen LogP contribution in [0.2, 0.25) is 0 Å². The molecule has 19 heavy (non-hydrogen) atoms. The first-order valence-corrected chi connectivity index (χ1v) is 6.52. The van der Waals surface area contributed by atoms with Gasteiger partial charge in [-0.3, -0.25) is 0 Å². The summed E-state index contributed by atoms with van der Waals surface area (Å²) in [6.07, 6.45) is 2.92. The number of ether oxygens (including phenoxy) is 1. The van der Waals surface area contributed by atoms with Crippen LogP contribution in [0.15, 0.2) is 18.2 Å². The summed E-state index contributed by atoms with van der Waals surface area (Å²) in [6.45, 7) is 1.12. The van der Waals surface area contributed by atoms with Gasteiger partial charge in [0.25, 0.3) is 0 Å². The number of aliphatic hydroxyl groups excluding tert-OH is 1. The molecule has 1 aromatic rings. The van der Waals surface area contributed by atoms with Crippen LogP contribution in [0.1, 0.15) is 29.6 Å². The summed E-state index contributed by atoms with van der Waals surface area (Å²) < 4.78 is 4.68. The second-order valence-corrected chi connectivity index (χ2v) is 4.77. The number of nitrogen functional groups attached to an aromatic ring is 1. The van der Waals surface area contributed by atoms with Gasteiger partial charge in [0, 0.05) is 19.2 Å². The van der Waals surface area contributed by atoms with Crippen LogP contribution in [-0.4, -0.2) is 37.4 Å². The Labute approximate surface area is 113 Å². The minimum absolute atomic E-state index is 0.182. The smallest absolute Gasteiger partial charge is 0.337 e. The molecule has 104 valence electrons. The van der Waals surface area contributed by atoms with E-state index >= 15 is 0 Å². The highest BCUT2D eigenvalue weighted by Gasteiger charge is 2.25. The lowest BCUT2D eigenvalue weighted by molar-refractivity contribution is 0.0601. The lowest BCUT2D eigenvalue weighted by Crippen LogP contribution is -2.30. The fourth-order valence-corrected chi connectivity index (χ4v) is 2.66.